The van der Waals surface area contributed by atoms with Gasteiger partial charge in [0.25, 0.3) is 5.91 Å². The Kier molecular flexibility index (Phi) is 5.11. The topological polar surface area (TPSA) is 32.7 Å². The predicted octanol–water partition coefficient (Wildman–Crippen LogP) is 6.08. The lowest BCUT2D eigenvalue weighted by molar-refractivity contribution is -0.113. The second-order valence-corrected chi connectivity index (χ2v) is 7.49. The molecule has 1 heterocycles. The Morgan fingerprint density at radius 2 is 1.57 bits per heavy atom. The first kappa shape index (κ1) is 18.6. The molecule has 3 nitrogen and oxygen atoms in total. The number of carbonyl (C=O) groups is 1. The fraction of sp³-hybridized carbons (Fsp3) is 0. The Labute approximate surface area is 174 Å². The Balaban J connectivity index is 1.81. The van der Waals surface area contributed by atoms with Crippen molar-refractivity contribution in [1.29, 1.82) is 0 Å². The number of amidine groups is 1. The van der Waals surface area contributed by atoms with Crippen LogP contribution in [0.1, 0.15) is 11.1 Å². The lowest BCUT2D eigenvalue weighted by Crippen LogP contribution is -2.32. The van der Waals surface area contributed by atoms with Crippen molar-refractivity contribution in [2.45, 2.75) is 0 Å². The zero-order chi connectivity index (χ0) is 19.7. The molecule has 0 unspecified atom stereocenters. The molecule has 0 atom stereocenters. The standard InChI is InChI=1S/C22H13BrClFN2O/c23-16-5-3-15(4-6-16)21-26-20(13-14-1-7-17(24)8-2-14)22(28)27(21)19-11-9-18(25)10-12-19/h1-13H/b20-13+. The van der Waals surface area contributed by atoms with Gasteiger partial charge >= 0.3 is 0 Å². The van der Waals surface area contributed by atoms with Crippen molar-refractivity contribution in [1.82, 2.24) is 0 Å². The smallest absolute Gasteiger partial charge is 0.266 e. The molecule has 6 heteroatoms. The fourth-order valence-electron chi connectivity index (χ4n) is 2.86. The first-order valence-corrected chi connectivity index (χ1v) is 9.60. The van der Waals surface area contributed by atoms with Gasteiger partial charge in [0.05, 0.1) is 5.69 Å². The third-order valence-corrected chi connectivity index (χ3v) is 5.00. The normalized spacial score (nSPS) is 15.2. The summed E-state index contributed by atoms with van der Waals surface area (Å²) in [7, 11) is 0. The summed E-state index contributed by atoms with van der Waals surface area (Å²) in [5.74, 6) is -0.154. The van der Waals surface area contributed by atoms with Gasteiger partial charge in [-0.3, -0.25) is 9.69 Å². The van der Waals surface area contributed by atoms with Crippen molar-refractivity contribution in [3.05, 3.63) is 105 Å². The molecule has 1 aliphatic heterocycles. The van der Waals surface area contributed by atoms with Gasteiger partial charge in [0.2, 0.25) is 0 Å². The maximum Gasteiger partial charge on any atom is 0.282 e. The van der Waals surface area contributed by atoms with Crippen LogP contribution >= 0.6 is 27.5 Å². The molecule has 1 aliphatic rings. The Bertz CT molecular complexity index is 1090. The average molecular weight is 456 g/mol. The number of benzene rings is 3. The quantitative estimate of drug-likeness (QED) is 0.441. The molecular weight excluding hydrogens is 443 g/mol. The van der Waals surface area contributed by atoms with Gasteiger partial charge in [0.1, 0.15) is 17.3 Å². The SMILES string of the molecule is O=C1/C(=C\c2ccc(Cl)cc2)N=C(c2ccc(Br)cc2)N1c1ccc(F)cc1. The van der Waals surface area contributed by atoms with E-state index in [1.165, 1.54) is 17.0 Å². The molecule has 0 aromatic heterocycles. The minimum absolute atomic E-state index is 0.278. The first-order valence-electron chi connectivity index (χ1n) is 8.43. The summed E-state index contributed by atoms with van der Waals surface area (Å²) in [4.78, 5) is 19.2. The minimum atomic E-state index is -0.366. The van der Waals surface area contributed by atoms with E-state index in [0.717, 1.165) is 15.6 Å². The van der Waals surface area contributed by atoms with E-state index in [-0.39, 0.29) is 11.7 Å². The third-order valence-electron chi connectivity index (χ3n) is 4.22. The number of hydrogen-bond donors (Lipinski definition) is 0. The van der Waals surface area contributed by atoms with E-state index in [4.69, 9.17) is 11.6 Å². The molecule has 28 heavy (non-hydrogen) atoms. The van der Waals surface area contributed by atoms with Gasteiger partial charge in [-0.25, -0.2) is 9.38 Å². The molecule has 4 rings (SSSR count). The molecular formula is C22H13BrClFN2O. The monoisotopic (exact) mass is 454 g/mol. The second-order valence-electron chi connectivity index (χ2n) is 6.14. The van der Waals surface area contributed by atoms with Crippen LogP contribution in [0.15, 0.2) is 88.0 Å². The summed E-state index contributed by atoms with van der Waals surface area (Å²) in [6.45, 7) is 0. The van der Waals surface area contributed by atoms with Gasteiger partial charge < -0.3 is 0 Å². The van der Waals surface area contributed by atoms with E-state index in [1.807, 2.05) is 36.4 Å². The van der Waals surface area contributed by atoms with Crippen molar-refractivity contribution < 1.29 is 9.18 Å². The maximum absolute atomic E-state index is 13.4. The van der Waals surface area contributed by atoms with Crippen molar-refractivity contribution in [2.75, 3.05) is 4.90 Å². The van der Waals surface area contributed by atoms with Crippen molar-refractivity contribution in [2.24, 2.45) is 4.99 Å². The number of nitrogens with zero attached hydrogens (tertiary/aromatic N) is 2. The number of amides is 1. The van der Waals surface area contributed by atoms with Crippen LogP contribution in [0.25, 0.3) is 6.08 Å². The zero-order valence-corrected chi connectivity index (χ0v) is 16.8. The molecule has 1 amide bonds. The number of aliphatic imine (C=N–C) groups is 1. The predicted molar refractivity (Wildman–Crippen MR) is 114 cm³/mol. The van der Waals surface area contributed by atoms with Crippen LogP contribution in [0.3, 0.4) is 0 Å². The summed E-state index contributed by atoms with van der Waals surface area (Å²) in [5, 5.41) is 0.617. The van der Waals surface area contributed by atoms with Gasteiger partial charge in [-0.05, 0) is 60.2 Å². The van der Waals surface area contributed by atoms with E-state index < -0.39 is 0 Å². The molecule has 0 spiro atoms. The molecule has 0 N–H and O–H groups in total. The first-order chi connectivity index (χ1) is 13.5. The van der Waals surface area contributed by atoms with Crippen LogP contribution in [-0.2, 0) is 4.79 Å². The summed E-state index contributed by atoms with van der Waals surface area (Å²) in [5.41, 5.74) is 2.44. The van der Waals surface area contributed by atoms with E-state index in [0.29, 0.717) is 22.2 Å². The van der Waals surface area contributed by atoms with Crippen molar-refractivity contribution in [3.63, 3.8) is 0 Å². The summed E-state index contributed by atoms with van der Waals surface area (Å²) in [6.07, 6.45) is 1.71. The molecule has 0 saturated heterocycles. The minimum Gasteiger partial charge on any atom is -0.266 e. The van der Waals surface area contributed by atoms with Crippen LogP contribution in [-0.4, -0.2) is 11.7 Å². The molecule has 0 saturated carbocycles. The molecule has 138 valence electrons. The number of rotatable bonds is 3. The highest BCUT2D eigenvalue weighted by atomic mass is 79.9. The third kappa shape index (κ3) is 3.77. The number of anilines is 1. The number of halogens is 3. The highest BCUT2D eigenvalue weighted by molar-refractivity contribution is 9.10. The van der Waals surface area contributed by atoms with Gasteiger partial charge in [0.15, 0.2) is 0 Å². The fourth-order valence-corrected chi connectivity index (χ4v) is 3.25. The Morgan fingerprint density at radius 3 is 2.21 bits per heavy atom. The lowest BCUT2D eigenvalue weighted by atomic mass is 10.1. The summed E-state index contributed by atoms with van der Waals surface area (Å²) >= 11 is 9.34. The van der Waals surface area contributed by atoms with Crippen molar-refractivity contribution in [3.8, 4) is 0 Å². The molecule has 3 aromatic rings. The summed E-state index contributed by atoms with van der Waals surface area (Å²) in [6, 6.07) is 20.4. The molecule has 0 radical (unpaired) electrons. The highest BCUT2D eigenvalue weighted by Crippen LogP contribution is 2.28. The van der Waals surface area contributed by atoms with Crippen LogP contribution in [0, 0.1) is 5.82 Å². The molecule has 0 aliphatic carbocycles. The van der Waals surface area contributed by atoms with E-state index in [2.05, 4.69) is 20.9 Å². The lowest BCUT2D eigenvalue weighted by Gasteiger charge is -2.18. The largest absolute Gasteiger partial charge is 0.282 e. The molecule has 0 bridgehead atoms. The van der Waals surface area contributed by atoms with Gasteiger partial charge in [-0.15, -0.1) is 0 Å². The van der Waals surface area contributed by atoms with Crippen LogP contribution < -0.4 is 4.90 Å². The average Bonchev–Trinajstić information content (AvgIpc) is 3.01. The van der Waals surface area contributed by atoms with Crippen LogP contribution in [0.2, 0.25) is 5.02 Å². The van der Waals surface area contributed by atoms with Gasteiger partial charge in [0, 0.05) is 15.1 Å². The summed E-state index contributed by atoms with van der Waals surface area (Å²) < 4.78 is 14.3. The van der Waals surface area contributed by atoms with Gasteiger partial charge in [-0.1, -0.05) is 51.8 Å². The van der Waals surface area contributed by atoms with Gasteiger partial charge in [-0.2, -0.15) is 0 Å². The number of carbonyl (C=O) groups excluding carboxylic acids is 1. The highest BCUT2D eigenvalue weighted by Gasteiger charge is 2.32. The van der Waals surface area contributed by atoms with Crippen LogP contribution in [0.5, 0.6) is 0 Å². The molecule has 3 aromatic carbocycles. The van der Waals surface area contributed by atoms with E-state index in [1.54, 1.807) is 30.3 Å². The Hall–Kier alpha value is -2.76. The van der Waals surface area contributed by atoms with E-state index >= 15 is 0 Å². The zero-order valence-electron chi connectivity index (χ0n) is 14.4. The van der Waals surface area contributed by atoms with Crippen molar-refractivity contribution >= 4 is 51.0 Å². The number of hydrogen-bond acceptors (Lipinski definition) is 2. The van der Waals surface area contributed by atoms with E-state index in [9.17, 15) is 9.18 Å². The van der Waals surface area contributed by atoms with Crippen LogP contribution in [0.4, 0.5) is 10.1 Å². The maximum atomic E-state index is 13.4. The second kappa shape index (κ2) is 7.70. The Morgan fingerprint density at radius 1 is 0.929 bits per heavy atom. The molecule has 0 fully saturated rings.